The van der Waals surface area contributed by atoms with Gasteiger partial charge in [0.2, 0.25) is 0 Å². The number of hydrogen-bond acceptors (Lipinski definition) is 2. The van der Waals surface area contributed by atoms with E-state index in [9.17, 15) is 5.11 Å². The Morgan fingerprint density at radius 3 is 2.65 bits per heavy atom. The summed E-state index contributed by atoms with van der Waals surface area (Å²) in [5.41, 5.74) is 3.72. The van der Waals surface area contributed by atoms with Gasteiger partial charge in [0, 0.05) is 12.0 Å². The standard InChI is InChI=1S/C17H18ClNO/c1-19-13-7-12-8-16(18)17(20)10-15(12)14(9-13)11-5-3-2-4-6-11/h2-6,8,10,13-14,19-20H,7,9H2,1H3/t13-,14-/m0/s1. The predicted octanol–water partition coefficient (Wildman–Crippen LogP) is 3.71. The highest BCUT2D eigenvalue weighted by Gasteiger charge is 2.28. The van der Waals surface area contributed by atoms with Gasteiger partial charge in [0.15, 0.2) is 0 Å². The van der Waals surface area contributed by atoms with Gasteiger partial charge in [0.1, 0.15) is 5.75 Å². The Bertz CT molecular complexity index is 612. The van der Waals surface area contributed by atoms with E-state index in [0.717, 1.165) is 12.8 Å². The molecule has 3 heteroatoms. The number of rotatable bonds is 2. The third-order valence-corrected chi connectivity index (χ3v) is 4.48. The molecule has 0 radical (unpaired) electrons. The molecule has 0 bridgehead atoms. The summed E-state index contributed by atoms with van der Waals surface area (Å²) in [7, 11) is 2.00. The Morgan fingerprint density at radius 2 is 1.95 bits per heavy atom. The zero-order valence-corrected chi connectivity index (χ0v) is 12.2. The van der Waals surface area contributed by atoms with Crippen LogP contribution in [-0.2, 0) is 6.42 Å². The molecule has 1 aliphatic carbocycles. The molecule has 0 aromatic heterocycles. The minimum Gasteiger partial charge on any atom is -0.506 e. The molecular weight excluding hydrogens is 270 g/mol. The van der Waals surface area contributed by atoms with Gasteiger partial charge in [-0.15, -0.1) is 0 Å². The zero-order chi connectivity index (χ0) is 14.1. The molecule has 0 spiro atoms. The second-order valence-corrected chi connectivity index (χ2v) is 5.80. The van der Waals surface area contributed by atoms with Crippen molar-refractivity contribution < 1.29 is 5.11 Å². The molecule has 0 unspecified atom stereocenters. The predicted molar refractivity (Wildman–Crippen MR) is 82.6 cm³/mol. The van der Waals surface area contributed by atoms with Crippen molar-refractivity contribution >= 4 is 11.6 Å². The smallest absolute Gasteiger partial charge is 0.134 e. The third kappa shape index (κ3) is 2.41. The highest BCUT2D eigenvalue weighted by atomic mass is 35.5. The van der Waals surface area contributed by atoms with Crippen molar-refractivity contribution in [2.75, 3.05) is 7.05 Å². The molecule has 2 N–H and O–H groups in total. The van der Waals surface area contributed by atoms with Gasteiger partial charge in [-0.1, -0.05) is 41.9 Å². The van der Waals surface area contributed by atoms with Gasteiger partial charge in [0.25, 0.3) is 0 Å². The second kappa shape index (κ2) is 5.47. The molecular formula is C17H18ClNO. The van der Waals surface area contributed by atoms with E-state index in [1.165, 1.54) is 16.7 Å². The van der Waals surface area contributed by atoms with Gasteiger partial charge in [-0.2, -0.15) is 0 Å². The number of likely N-dealkylation sites (N-methyl/N-ethyl adjacent to an activating group) is 1. The van der Waals surface area contributed by atoms with Crippen molar-refractivity contribution in [3.8, 4) is 5.75 Å². The lowest BCUT2D eigenvalue weighted by Crippen LogP contribution is -2.33. The number of nitrogens with one attached hydrogen (secondary N) is 1. The highest BCUT2D eigenvalue weighted by Crippen LogP contribution is 2.40. The van der Waals surface area contributed by atoms with Crippen LogP contribution in [0.3, 0.4) is 0 Å². The molecule has 0 aliphatic heterocycles. The number of fused-ring (bicyclic) bond motifs is 1. The van der Waals surface area contributed by atoms with Crippen LogP contribution in [0.25, 0.3) is 0 Å². The number of halogens is 1. The Hall–Kier alpha value is -1.51. The second-order valence-electron chi connectivity index (χ2n) is 5.39. The summed E-state index contributed by atoms with van der Waals surface area (Å²) in [5.74, 6) is 0.481. The van der Waals surface area contributed by atoms with Crippen molar-refractivity contribution in [1.29, 1.82) is 0 Å². The third-order valence-electron chi connectivity index (χ3n) is 4.18. The van der Waals surface area contributed by atoms with Crippen molar-refractivity contribution in [3.63, 3.8) is 0 Å². The fourth-order valence-corrected chi connectivity index (χ4v) is 3.29. The molecule has 2 atom stereocenters. The van der Waals surface area contributed by atoms with Crippen LogP contribution in [0.1, 0.15) is 29.0 Å². The first-order chi connectivity index (χ1) is 9.69. The maximum atomic E-state index is 9.92. The highest BCUT2D eigenvalue weighted by molar-refractivity contribution is 6.32. The summed E-state index contributed by atoms with van der Waals surface area (Å²) < 4.78 is 0. The average Bonchev–Trinajstić information content (AvgIpc) is 2.48. The normalized spacial score (nSPS) is 21.5. The molecule has 1 aliphatic rings. The fraction of sp³-hybridized carbons (Fsp3) is 0.294. The first-order valence-electron chi connectivity index (χ1n) is 6.92. The lowest BCUT2D eigenvalue weighted by Gasteiger charge is -2.32. The van der Waals surface area contributed by atoms with Gasteiger partial charge in [-0.25, -0.2) is 0 Å². The first kappa shape index (κ1) is 13.5. The molecule has 0 fully saturated rings. The fourth-order valence-electron chi connectivity index (χ4n) is 3.10. The molecule has 2 nitrogen and oxygen atoms in total. The Morgan fingerprint density at radius 1 is 1.20 bits per heavy atom. The summed E-state index contributed by atoms with van der Waals surface area (Å²) >= 11 is 6.06. The van der Waals surface area contributed by atoms with Crippen molar-refractivity contribution in [3.05, 3.63) is 64.2 Å². The van der Waals surface area contributed by atoms with E-state index in [-0.39, 0.29) is 5.75 Å². The number of phenols is 1. The molecule has 0 heterocycles. The molecule has 2 aromatic rings. The van der Waals surface area contributed by atoms with E-state index in [0.29, 0.717) is 17.0 Å². The van der Waals surface area contributed by atoms with E-state index in [4.69, 9.17) is 11.6 Å². The van der Waals surface area contributed by atoms with Crippen LogP contribution in [0.2, 0.25) is 5.02 Å². The van der Waals surface area contributed by atoms with Crippen molar-refractivity contribution in [2.24, 2.45) is 0 Å². The summed E-state index contributed by atoms with van der Waals surface area (Å²) in [6.45, 7) is 0. The van der Waals surface area contributed by atoms with Crippen molar-refractivity contribution in [2.45, 2.75) is 24.8 Å². The number of aromatic hydroxyl groups is 1. The molecule has 0 saturated carbocycles. The number of hydrogen-bond donors (Lipinski definition) is 2. The summed E-state index contributed by atoms with van der Waals surface area (Å²) in [6, 6.07) is 14.6. The molecule has 0 amide bonds. The Labute approximate surface area is 124 Å². The van der Waals surface area contributed by atoms with Crippen LogP contribution in [0, 0.1) is 0 Å². The minimum absolute atomic E-state index is 0.175. The molecule has 20 heavy (non-hydrogen) atoms. The molecule has 2 aromatic carbocycles. The monoisotopic (exact) mass is 287 g/mol. The summed E-state index contributed by atoms with van der Waals surface area (Å²) in [6.07, 6.45) is 1.99. The van der Waals surface area contributed by atoms with Crippen LogP contribution in [0.15, 0.2) is 42.5 Å². The number of phenolic OH excluding ortho intramolecular Hbond substituents is 1. The Balaban J connectivity index is 2.10. The van der Waals surface area contributed by atoms with E-state index < -0.39 is 0 Å². The first-order valence-corrected chi connectivity index (χ1v) is 7.30. The van der Waals surface area contributed by atoms with Crippen LogP contribution < -0.4 is 5.32 Å². The minimum atomic E-state index is 0.175. The van der Waals surface area contributed by atoms with E-state index in [1.807, 2.05) is 25.2 Å². The van der Waals surface area contributed by atoms with E-state index in [2.05, 4.69) is 29.6 Å². The maximum absolute atomic E-state index is 9.92. The van der Waals surface area contributed by atoms with Gasteiger partial charge in [-0.3, -0.25) is 0 Å². The number of benzene rings is 2. The quantitative estimate of drug-likeness (QED) is 0.882. The van der Waals surface area contributed by atoms with Gasteiger partial charge < -0.3 is 10.4 Å². The average molecular weight is 288 g/mol. The Kier molecular flexibility index (Phi) is 3.68. The van der Waals surface area contributed by atoms with Gasteiger partial charge in [0.05, 0.1) is 5.02 Å². The summed E-state index contributed by atoms with van der Waals surface area (Å²) in [4.78, 5) is 0. The van der Waals surface area contributed by atoms with Crippen LogP contribution in [0.4, 0.5) is 0 Å². The molecule has 0 saturated heterocycles. The van der Waals surface area contributed by atoms with Gasteiger partial charge >= 0.3 is 0 Å². The topological polar surface area (TPSA) is 32.3 Å². The lowest BCUT2D eigenvalue weighted by molar-refractivity contribution is 0.452. The summed E-state index contributed by atoms with van der Waals surface area (Å²) in [5, 5.41) is 13.7. The largest absolute Gasteiger partial charge is 0.506 e. The lowest BCUT2D eigenvalue weighted by atomic mass is 9.76. The molecule has 104 valence electrons. The molecule has 3 rings (SSSR count). The van der Waals surface area contributed by atoms with Crippen molar-refractivity contribution in [1.82, 2.24) is 5.32 Å². The van der Waals surface area contributed by atoms with Crippen LogP contribution >= 0.6 is 11.6 Å². The van der Waals surface area contributed by atoms with Crippen LogP contribution in [-0.4, -0.2) is 18.2 Å². The van der Waals surface area contributed by atoms with E-state index in [1.54, 1.807) is 0 Å². The zero-order valence-electron chi connectivity index (χ0n) is 11.4. The van der Waals surface area contributed by atoms with Gasteiger partial charge in [-0.05, 0) is 48.7 Å². The van der Waals surface area contributed by atoms with E-state index >= 15 is 0 Å². The maximum Gasteiger partial charge on any atom is 0.134 e. The van der Waals surface area contributed by atoms with Crippen LogP contribution in [0.5, 0.6) is 5.75 Å². The SMILES string of the molecule is CN[C@H]1Cc2cc(Cl)c(O)cc2[C@H](c2ccccc2)C1.